The Kier molecular flexibility index (Phi) is 6.12. The molecule has 0 spiro atoms. The zero-order chi connectivity index (χ0) is 24.6. The van der Waals surface area contributed by atoms with Gasteiger partial charge in [0.25, 0.3) is 0 Å². The third-order valence-electron chi connectivity index (χ3n) is 6.17. The summed E-state index contributed by atoms with van der Waals surface area (Å²) in [6, 6.07) is 19.7. The van der Waals surface area contributed by atoms with E-state index in [9.17, 15) is 15.3 Å². The first kappa shape index (κ1) is 23.1. The van der Waals surface area contributed by atoms with E-state index in [1.165, 1.54) is 0 Å². The number of phenols is 3. The molecule has 174 valence electrons. The molecule has 5 heteroatoms. The fourth-order valence-corrected chi connectivity index (χ4v) is 4.01. The molecule has 4 aromatic rings. The van der Waals surface area contributed by atoms with E-state index >= 15 is 0 Å². The quantitative estimate of drug-likeness (QED) is 0.289. The van der Waals surface area contributed by atoms with Crippen molar-refractivity contribution in [2.24, 2.45) is 0 Å². The van der Waals surface area contributed by atoms with Crippen LogP contribution in [-0.2, 0) is 0 Å². The first-order valence-electron chi connectivity index (χ1n) is 11.1. The van der Waals surface area contributed by atoms with Crippen LogP contribution < -0.4 is 9.64 Å². The largest absolute Gasteiger partial charge is 0.508 e. The summed E-state index contributed by atoms with van der Waals surface area (Å²) in [6.07, 6.45) is 0. The zero-order valence-electron chi connectivity index (χ0n) is 20.0. The van der Waals surface area contributed by atoms with Crippen molar-refractivity contribution in [3.8, 4) is 28.7 Å². The highest BCUT2D eigenvalue weighted by Crippen LogP contribution is 2.43. The van der Waals surface area contributed by atoms with Gasteiger partial charge in [0.1, 0.15) is 17.2 Å². The van der Waals surface area contributed by atoms with Crippen molar-refractivity contribution in [2.45, 2.75) is 34.6 Å². The molecule has 4 aromatic carbocycles. The number of aromatic hydroxyl groups is 3. The Bertz CT molecular complexity index is 1300. The normalized spacial score (nSPS) is 10.9. The monoisotopic (exact) mass is 455 g/mol. The molecule has 0 amide bonds. The number of rotatable bonds is 5. The number of aryl methyl sites for hydroxylation is 3. The van der Waals surface area contributed by atoms with E-state index in [1.54, 1.807) is 36.4 Å². The van der Waals surface area contributed by atoms with Gasteiger partial charge in [-0.2, -0.15) is 0 Å². The molecule has 0 atom stereocenters. The number of ether oxygens (including phenoxy) is 1. The molecule has 0 aliphatic carbocycles. The third kappa shape index (κ3) is 4.50. The van der Waals surface area contributed by atoms with E-state index < -0.39 is 0 Å². The van der Waals surface area contributed by atoms with Gasteiger partial charge in [-0.1, -0.05) is 6.07 Å². The molecule has 4 rings (SSSR count). The minimum atomic E-state index is 0.0769. The molecule has 0 aliphatic heterocycles. The predicted molar refractivity (Wildman–Crippen MR) is 136 cm³/mol. The van der Waals surface area contributed by atoms with E-state index in [2.05, 4.69) is 0 Å². The van der Waals surface area contributed by atoms with E-state index in [0.717, 1.165) is 44.9 Å². The van der Waals surface area contributed by atoms with Crippen LogP contribution in [-0.4, -0.2) is 15.3 Å². The van der Waals surface area contributed by atoms with Crippen molar-refractivity contribution in [2.75, 3.05) is 4.90 Å². The SMILES string of the molecule is Cc1ccc(O)c(Oc2ccc(N(c3cc(O)cc(C)c3C)c3cc(O)cc(C)c3C)cc2)c1. The number of benzene rings is 4. The molecule has 0 bridgehead atoms. The molecule has 5 nitrogen and oxygen atoms in total. The molecule has 0 fully saturated rings. The predicted octanol–water partition coefficient (Wildman–Crippen LogP) is 7.61. The molecule has 34 heavy (non-hydrogen) atoms. The molecule has 0 saturated heterocycles. The smallest absolute Gasteiger partial charge is 0.169 e. The lowest BCUT2D eigenvalue weighted by atomic mass is 10.0. The van der Waals surface area contributed by atoms with Gasteiger partial charge in [-0.25, -0.2) is 0 Å². The van der Waals surface area contributed by atoms with Crippen LogP contribution in [0.5, 0.6) is 28.7 Å². The summed E-state index contributed by atoms with van der Waals surface area (Å²) in [4.78, 5) is 2.03. The molecule has 0 saturated carbocycles. The van der Waals surface area contributed by atoms with Gasteiger partial charge >= 0.3 is 0 Å². The van der Waals surface area contributed by atoms with Crippen molar-refractivity contribution in [3.05, 3.63) is 94.5 Å². The van der Waals surface area contributed by atoms with Gasteiger partial charge in [-0.15, -0.1) is 0 Å². The van der Waals surface area contributed by atoms with Gasteiger partial charge in [-0.3, -0.25) is 0 Å². The van der Waals surface area contributed by atoms with Crippen molar-refractivity contribution in [1.82, 2.24) is 0 Å². The highest BCUT2D eigenvalue weighted by atomic mass is 16.5. The highest BCUT2D eigenvalue weighted by Gasteiger charge is 2.20. The van der Waals surface area contributed by atoms with Gasteiger partial charge in [0.2, 0.25) is 0 Å². The van der Waals surface area contributed by atoms with Crippen LogP contribution in [0.4, 0.5) is 17.1 Å². The molecule has 0 unspecified atom stereocenters. The van der Waals surface area contributed by atoms with Crippen molar-refractivity contribution in [1.29, 1.82) is 0 Å². The third-order valence-corrected chi connectivity index (χ3v) is 6.17. The maximum Gasteiger partial charge on any atom is 0.169 e. The van der Waals surface area contributed by atoms with Crippen LogP contribution >= 0.6 is 0 Å². The first-order valence-corrected chi connectivity index (χ1v) is 11.1. The highest BCUT2D eigenvalue weighted by molar-refractivity contribution is 5.82. The number of hydrogen-bond donors (Lipinski definition) is 3. The van der Waals surface area contributed by atoms with Gasteiger partial charge in [0.15, 0.2) is 11.5 Å². The Morgan fingerprint density at radius 1 is 0.618 bits per heavy atom. The second kappa shape index (κ2) is 9.02. The number of anilines is 3. The Labute approximate surface area is 200 Å². The molecular weight excluding hydrogens is 426 g/mol. The molecule has 0 aliphatic rings. The fraction of sp³-hybridized carbons (Fsp3) is 0.172. The number of phenolic OH excluding ortho intramolecular Hbond substituents is 3. The maximum absolute atomic E-state index is 10.4. The first-order chi connectivity index (χ1) is 16.1. The van der Waals surface area contributed by atoms with Gasteiger partial charge in [0.05, 0.1) is 11.4 Å². The average molecular weight is 456 g/mol. The van der Waals surface area contributed by atoms with Gasteiger partial charge in [-0.05, 0) is 111 Å². The number of nitrogens with zero attached hydrogens (tertiary/aromatic N) is 1. The summed E-state index contributed by atoms with van der Waals surface area (Å²) in [5.41, 5.74) is 7.41. The van der Waals surface area contributed by atoms with Crippen LogP contribution in [0, 0.1) is 34.6 Å². The van der Waals surface area contributed by atoms with E-state index in [4.69, 9.17) is 4.74 Å². The van der Waals surface area contributed by atoms with E-state index in [1.807, 2.05) is 69.9 Å². The summed E-state index contributed by atoms with van der Waals surface area (Å²) < 4.78 is 5.91. The Morgan fingerprint density at radius 2 is 1.15 bits per heavy atom. The van der Waals surface area contributed by atoms with Crippen molar-refractivity contribution < 1.29 is 20.1 Å². The van der Waals surface area contributed by atoms with E-state index in [-0.39, 0.29) is 17.2 Å². The molecule has 3 N–H and O–H groups in total. The molecule has 0 aromatic heterocycles. The van der Waals surface area contributed by atoms with Gasteiger partial charge in [0, 0.05) is 17.8 Å². The lowest BCUT2D eigenvalue weighted by Gasteiger charge is -2.30. The standard InChI is InChI=1S/C29H29NO4/c1-17-6-11-28(33)29(12-17)34-25-9-7-22(8-10-25)30(26-15-23(31)13-18(2)20(26)4)27-16-24(32)14-19(3)21(27)5/h6-16,31-33H,1-5H3. The lowest BCUT2D eigenvalue weighted by Crippen LogP contribution is -2.13. The second-order valence-corrected chi connectivity index (χ2v) is 8.72. The second-order valence-electron chi connectivity index (χ2n) is 8.72. The van der Waals surface area contributed by atoms with Crippen LogP contribution in [0.25, 0.3) is 0 Å². The summed E-state index contributed by atoms with van der Waals surface area (Å²) in [7, 11) is 0. The molecule has 0 radical (unpaired) electrons. The van der Waals surface area contributed by atoms with Crippen molar-refractivity contribution in [3.63, 3.8) is 0 Å². The maximum atomic E-state index is 10.4. The van der Waals surface area contributed by atoms with Gasteiger partial charge < -0.3 is 25.0 Å². The zero-order valence-corrected chi connectivity index (χ0v) is 20.0. The van der Waals surface area contributed by atoms with Crippen LogP contribution in [0.2, 0.25) is 0 Å². The molecular formula is C29H29NO4. The Morgan fingerprint density at radius 3 is 1.68 bits per heavy atom. The van der Waals surface area contributed by atoms with Crippen molar-refractivity contribution >= 4 is 17.1 Å². The summed E-state index contributed by atoms with van der Waals surface area (Å²) in [5, 5.41) is 30.9. The van der Waals surface area contributed by atoms with E-state index in [0.29, 0.717) is 11.5 Å². The Hall–Kier alpha value is -4.12. The minimum absolute atomic E-state index is 0.0769. The fourth-order valence-electron chi connectivity index (χ4n) is 4.01. The summed E-state index contributed by atoms with van der Waals surface area (Å²) in [6.45, 7) is 9.89. The molecule has 0 heterocycles. The van der Waals surface area contributed by atoms with Crippen LogP contribution in [0.1, 0.15) is 27.8 Å². The number of hydrogen-bond acceptors (Lipinski definition) is 5. The lowest BCUT2D eigenvalue weighted by molar-refractivity contribution is 0.411. The average Bonchev–Trinajstić information content (AvgIpc) is 2.78. The van der Waals surface area contributed by atoms with Crippen LogP contribution in [0.15, 0.2) is 66.7 Å². The minimum Gasteiger partial charge on any atom is -0.508 e. The van der Waals surface area contributed by atoms with Crippen LogP contribution in [0.3, 0.4) is 0 Å². The summed E-state index contributed by atoms with van der Waals surface area (Å²) in [5.74, 6) is 1.40. The topological polar surface area (TPSA) is 73.2 Å². The summed E-state index contributed by atoms with van der Waals surface area (Å²) >= 11 is 0. The Balaban J connectivity index is 1.83.